The highest BCUT2D eigenvalue weighted by Gasteiger charge is 2.24. The Labute approximate surface area is 132 Å². The lowest BCUT2D eigenvalue weighted by Gasteiger charge is -2.29. The van der Waals surface area contributed by atoms with Crippen molar-refractivity contribution in [3.63, 3.8) is 0 Å². The second-order valence-electron chi connectivity index (χ2n) is 6.51. The molecule has 2 rings (SSSR count). The summed E-state index contributed by atoms with van der Waals surface area (Å²) in [6.45, 7) is 5.49. The molecule has 2 aliphatic heterocycles. The molecule has 4 heteroatoms. The van der Waals surface area contributed by atoms with Crippen LogP contribution in [0.5, 0.6) is 0 Å². The van der Waals surface area contributed by atoms with E-state index in [1.54, 1.807) is 0 Å². The van der Waals surface area contributed by atoms with Gasteiger partial charge < -0.3 is 4.90 Å². The SMILES string of the molecule is C[C@@H]1CCC[C@H](C)N(C(=O)CCCC[C@H]2CCSS2)C1. The Morgan fingerprint density at radius 2 is 2.05 bits per heavy atom. The third-order valence-corrected chi connectivity index (χ3v) is 7.58. The van der Waals surface area contributed by atoms with Crippen LogP contribution in [0.2, 0.25) is 0 Å². The average molecular weight is 316 g/mol. The summed E-state index contributed by atoms with van der Waals surface area (Å²) in [5, 5.41) is 0.854. The molecule has 0 aromatic carbocycles. The van der Waals surface area contributed by atoms with Crippen LogP contribution in [-0.2, 0) is 4.79 Å². The molecular weight excluding hydrogens is 286 g/mol. The van der Waals surface area contributed by atoms with E-state index in [1.807, 2.05) is 10.8 Å². The Hall–Kier alpha value is 0.170. The average Bonchev–Trinajstić information content (AvgIpc) is 2.87. The molecule has 2 fully saturated rings. The summed E-state index contributed by atoms with van der Waals surface area (Å²) in [6, 6.07) is 0.453. The van der Waals surface area contributed by atoms with Gasteiger partial charge in [-0.3, -0.25) is 4.79 Å². The molecule has 3 atom stereocenters. The standard InChI is InChI=1S/C16H29NOS2/c1-13-6-5-7-14(2)17(12-13)16(18)9-4-3-8-15-10-11-19-20-15/h13-15H,3-12H2,1-2H3/t13-,14+,15+/m1/s1. The minimum absolute atomic E-state index is 0.403. The summed E-state index contributed by atoms with van der Waals surface area (Å²) in [7, 11) is 4.07. The third-order valence-electron chi connectivity index (χ3n) is 4.57. The van der Waals surface area contributed by atoms with Crippen molar-refractivity contribution < 1.29 is 4.79 Å². The summed E-state index contributed by atoms with van der Waals surface area (Å²) in [6.07, 6.45) is 9.49. The predicted molar refractivity (Wildman–Crippen MR) is 91.1 cm³/mol. The van der Waals surface area contributed by atoms with E-state index in [0.717, 1.165) is 24.6 Å². The zero-order valence-corrected chi connectivity index (χ0v) is 14.6. The van der Waals surface area contributed by atoms with E-state index in [0.29, 0.717) is 17.9 Å². The van der Waals surface area contributed by atoms with Crippen LogP contribution >= 0.6 is 21.6 Å². The van der Waals surface area contributed by atoms with Gasteiger partial charge in [0, 0.05) is 30.0 Å². The van der Waals surface area contributed by atoms with Crippen LogP contribution in [-0.4, -0.2) is 34.4 Å². The van der Waals surface area contributed by atoms with E-state index in [9.17, 15) is 4.79 Å². The highest BCUT2D eigenvalue weighted by atomic mass is 33.1. The topological polar surface area (TPSA) is 20.3 Å². The first-order chi connectivity index (χ1) is 9.66. The predicted octanol–water partition coefficient (Wildman–Crippen LogP) is 4.74. The van der Waals surface area contributed by atoms with Crippen LogP contribution in [0, 0.1) is 5.92 Å². The molecule has 2 saturated heterocycles. The van der Waals surface area contributed by atoms with Gasteiger partial charge in [0.15, 0.2) is 0 Å². The molecule has 0 unspecified atom stereocenters. The Balaban J connectivity index is 1.67. The van der Waals surface area contributed by atoms with E-state index >= 15 is 0 Å². The fourth-order valence-electron chi connectivity index (χ4n) is 3.23. The summed E-state index contributed by atoms with van der Waals surface area (Å²) >= 11 is 0. The van der Waals surface area contributed by atoms with Gasteiger partial charge in [-0.2, -0.15) is 0 Å². The number of amides is 1. The van der Waals surface area contributed by atoms with Crippen LogP contribution in [0.1, 0.15) is 65.2 Å². The zero-order chi connectivity index (χ0) is 14.4. The summed E-state index contributed by atoms with van der Waals surface area (Å²) in [4.78, 5) is 14.6. The van der Waals surface area contributed by atoms with Gasteiger partial charge in [0.05, 0.1) is 0 Å². The number of hydrogen-bond donors (Lipinski definition) is 0. The molecule has 2 nitrogen and oxygen atoms in total. The molecule has 0 aromatic rings. The second kappa shape index (κ2) is 8.57. The number of likely N-dealkylation sites (tertiary alicyclic amines) is 1. The molecule has 1 amide bonds. The monoisotopic (exact) mass is 315 g/mol. The maximum atomic E-state index is 12.4. The highest BCUT2D eigenvalue weighted by Crippen LogP contribution is 2.39. The Morgan fingerprint density at radius 3 is 2.80 bits per heavy atom. The lowest BCUT2D eigenvalue weighted by molar-refractivity contribution is -0.133. The van der Waals surface area contributed by atoms with Gasteiger partial charge in [-0.25, -0.2) is 0 Å². The van der Waals surface area contributed by atoms with Crippen molar-refractivity contribution in [2.24, 2.45) is 5.92 Å². The van der Waals surface area contributed by atoms with Crippen molar-refractivity contribution in [2.75, 3.05) is 12.3 Å². The van der Waals surface area contributed by atoms with E-state index in [1.165, 1.54) is 44.3 Å². The van der Waals surface area contributed by atoms with Gasteiger partial charge in [0.25, 0.3) is 0 Å². The smallest absolute Gasteiger partial charge is 0.222 e. The number of nitrogens with zero attached hydrogens (tertiary/aromatic N) is 1. The molecule has 0 N–H and O–H groups in total. The zero-order valence-electron chi connectivity index (χ0n) is 13.0. The maximum absolute atomic E-state index is 12.4. The first-order valence-electron chi connectivity index (χ1n) is 8.24. The van der Waals surface area contributed by atoms with Gasteiger partial charge >= 0.3 is 0 Å². The molecule has 0 saturated carbocycles. The molecule has 2 heterocycles. The molecule has 0 aliphatic carbocycles. The number of hydrogen-bond acceptors (Lipinski definition) is 3. The van der Waals surface area contributed by atoms with E-state index in [4.69, 9.17) is 0 Å². The van der Waals surface area contributed by atoms with Gasteiger partial charge in [-0.15, -0.1) is 0 Å². The van der Waals surface area contributed by atoms with Gasteiger partial charge in [-0.1, -0.05) is 41.4 Å². The van der Waals surface area contributed by atoms with Crippen molar-refractivity contribution >= 4 is 27.5 Å². The number of carbonyl (C=O) groups is 1. The fourth-order valence-corrected chi connectivity index (χ4v) is 6.26. The molecule has 0 spiro atoms. The third kappa shape index (κ3) is 5.18. The van der Waals surface area contributed by atoms with Gasteiger partial charge in [0.2, 0.25) is 5.91 Å². The lowest BCUT2D eigenvalue weighted by atomic mass is 10.1. The summed E-state index contributed by atoms with van der Waals surface area (Å²) in [5.74, 6) is 2.40. The molecule has 0 radical (unpaired) electrons. The number of unbranched alkanes of at least 4 members (excludes halogenated alkanes) is 1. The number of rotatable bonds is 5. The molecule has 0 aromatic heterocycles. The lowest BCUT2D eigenvalue weighted by Crippen LogP contribution is -2.39. The summed E-state index contributed by atoms with van der Waals surface area (Å²) < 4.78 is 0. The second-order valence-corrected chi connectivity index (χ2v) is 9.29. The van der Waals surface area contributed by atoms with Crippen LogP contribution in [0.25, 0.3) is 0 Å². The van der Waals surface area contributed by atoms with E-state index < -0.39 is 0 Å². The van der Waals surface area contributed by atoms with Gasteiger partial charge in [-0.05, 0) is 44.9 Å². The Morgan fingerprint density at radius 1 is 1.20 bits per heavy atom. The van der Waals surface area contributed by atoms with Crippen molar-refractivity contribution in [2.45, 2.75) is 76.5 Å². The Kier molecular flexibility index (Phi) is 7.09. The van der Waals surface area contributed by atoms with Crippen LogP contribution in [0.4, 0.5) is 0 Å². The molecule has 0 bridgehead atoms. The quantitative estimate of drug-likeness (QED) is 0.540. The van der Waals surface area contributed by atoms with E-state index in [2.05, 4.69) is 29.5 Å². The highest BCUT2D eigenvalue weighted by molar-refractivity contribution is 8.77. The number of carbonyl (C=O) groups excluding carboxylic acids is 1. The largest absolute Gasteiger partial charge is 0.340 e. The molecule has 2 aliphatic rings. The summed E-state index contributed by atoms with van der Waals surface area (Å²) in [5.41, 5.74) is 0. The van der Waals surface area contributed by atoms with Crippen molar-refractivity contribution in [3.8, 4) is 0 Å². The normalized spacial score (nSPS) is 31.3. The minimum Gasteiger partial charge on any atom is -0.340 e. The molecule has 20 heavy (non-hydrogen) atoms. The molecular formula is C16H29NOS2. The fraction of sp³-hybridized carbons (Fsp3) is 0.938. The van der Waals surface area contributed by atoms with Crippen LogP contribution in [0.3, 0.4) is 0 Å². The van der Waals surface area contributed by atoms with Crippen molar-refractivity contribution in [3.05, 3.63) is 0 Å². The molecule has 116 valence electrons. The minimum atomic E-state index is 0.403. The van der Waals surface area contributed by atoms with Crippen LogP contribution in [0.15, 0.2) is 0 Å². The van der Waals surface area contributed by atoms with E-state index in [-0.39, 0.29) is 0 Å². The maximum Gasteiger partial charge on any atom is 0.222 e. The first-order valence-corrected chi connectivity index (χ1v) is 10.6. The van der Waals surface area contributed by atoms with Crippen molar-refractivity contribution in [1.29, 1.82) is 0 Å². The first kappa shape index (κ1) is 16.5. The van der Waals surface area contributed by atoms with Crippen molar-refractivity contribution in [1.82, 2.24) is 4.90 Å². The van der Waals surface area contributed by atoms with Gasteiger partial charge in [0.1, 0.15) is 0 Å². The van der Waals surface area contributed by atoms with Crippen LogP contribution < -0.4 is 0 Å². The Bertz CT molecular complexity index is 305.